The van der Waals surface area contributed by atoms with Crippen molar-refractivity contribution < 1.29 is 14.7 Å². The molecule has 0 heterocycles. The predicted molar refractivity (Wildman–Crippen MR) is 79.5 cm³/mol. The molecule has 0 spiro atoms. The molecule has 5 nitrogen and oxygen atoms in total. The highest BCUT2D eigenvalue weighted by Crippen LogP contribution is 2.18. The van der Waals surface area contributed by atoms with Crippen molar-refractivity contribution in [3.05, 3.63) is 29.8 Å². The molecule has 0 fully saturated rings. The first kappa shape index (κ1) is 16.5. The van der Waals surface area contributed by atoms with Crippen molar-refractivity contribution in [2.75, 3.05) is 19.3 Å². The predicted octanol–water partition coefficient (Wildman–Crippen LogP) is 1.08. The molecule has 0 aromatic heterocycles. The van der Waals surface area contributed by atoms with Crippen LogP contribution in [0.15, 0.2) is 29.2 Å². The second-order valence-electron chi connectivity index (χ2n) is 4.25. The molecule has 0 aliphatic heterocycles. The van der Waals surface area contributed by atoms with Gasteiger partial charge in [-0.2, -0.15) is 0 Å². The lowest BCUT2D eigenvalue weighted by Gasteiger charge is -2.12. The van der Waals surface area contributed by atoms with Crippen molar-refractivity contribution in [1.29, 1.82) is 0 Å². The molecule has 0 bridgehead atoms. The van der Waals surface area contributed by atoms with E-state index in [-0.39, 0.29) is 6.54 Å². The molecule has 0 radical (unpaired) electrons. The lowest BCUT2D eigenvalue weighted by molar-refractivity contribution is -0.139. The molecule has 1 rings (SSSR count). The largest absolute Gasteiger partial charge is 0.387 e. The molecular weight excluding hydrogens is 276 g/mol. The Morgan fingerprint density at radius 1 is 1.20 bits per heavy atom. The van der Waals surface area contributed by atoms with Crippen LogP contribution >= 0.6 is 11.8 Å². The van der Waals surface area contributed by atoms with Gasteiger partial charge in [0.25, 0.3) is 0 Å². The molecular formula is C14H20N2O3S. The Kier molecular flexibility index (Phi) is 7.11. The first-order valence-corrected chi connectivity index (χ1v) is 7.69. The maximum absolute atomic E-state index is 11.4. The normalized spacial score (nSPS) is 11.8. The van der Waals surface area contributed by atoms with Gasteiger partial charge in [0.15, 0.2) is 0 Å². The highest BCUT2D eigenvalue weighted by atomic mass is 32.2. The van der Waals surface area contributed by atoms with Crippen molar-refractivity contribution in [1.82, 2.24) is 10.6 Å². The van der Waals surface area contributed by atoms with Crippen molar-refractivity contribution in [2.24, 2.45) is 0 Å². The number of carbonyl (C=O) groups is 2. The van der Waals surface area contributed by atoms with Gasteiger partial charge in [-0.3, -0.25) is 9.59 Å². The van der Waals surface area contributed by atoms with Crippen LogP contribution < -0.4 is 10.6 Å². The Morgan fingerprint density at radius 3 is 2.35 bits per heavy atom. The maximum atomic E-state index is 11.4. The summed E-state index contributed by atoms with van der Waals surface area (Å²) in [6.07, 6.45) is 1.91. The quantitative estimate of drug-likeness (QED) is 0.542. The van der Waals surface area contributed by atoms with Gasteiger partial charge in [0.05, 0.1) is 6.10 Å². The Hall–Kier alpha value is -1.53. The molecule has 0 aliphatic rings. The fourth-order valence-electron chi connectivity index (χ4n) is 1.53. The van der Waals surface area contributed by atoms with Gasteiger partial charge in [0.1, 0.15) is 0 Å². The summed E-state index contributed by atoms with van der Waals surface area (Å²) in [6.45, 7) is 2.38. The van der Waals surface area contributed by atoms with E-state index in [0.29, 0.717) is 12.1 Å². The number of carbonyl (C=O) groups excluding carboxylic acids is 2. The number of hydrogen-bond acceptors (Lipinski definition) is 4. The standard InChI is InChI=1S/C14H20N2O3S/c1-3-8-15-13(18)14(19)16-9-12(17)10-4-6-11(20-2)7-5-10/h4-7,12,17H,3,8-9H2,1-2H3,(H,15,18)(H,16,19). The summed E-state index contributed by atoms with van der Waals surface area (Å²) >= 11 is 1.61. The van der Waals surface area contributed by atoms with Crippen molar-refractivity contribution in [3.8, 4) is 0 Å². The van der Waals surface area contributed by atoms with Gasteiger partial charge in [-0.05, 0) is 30.4 Å². The smallest absolute Gasteiger partial charge is 0.309 e. The number of hydrogen-bond donors (Lipinski definition) is 3. The number of aliphatic hydroxyl groups excluding tert-OH is 1. The van der Waals surface area contributed by atoms with Crippen molar-refractivity contribution in [3.63, 3.8) is 0 Å². The number of benzene rings is 1. The third-order valence-electron chi connectivity index (χ3n) is 2.70. The zero-order valence-corrected chi connectivity index (χ0v) is 12.5. The number of thioether (sulfide) groups is 1. The topological polar surface area (TPSA) is 78.4 Å². The van der Waals surface area contributed by atoms with Gasteiger partial charge in [0.2, 0.25) is 0 Å². The molecule has 2 amide bonds. The second kappa shape index (κ2) is 8.60. The third-order valence-corrected chi connectivity index (χ3v) is 3.44. The van der Waals surface area contributed by atoms with Crippen LogP contribution in [-0.4, -0.2) is 36.3 Å². The van der Waals surface area contributed by atoms with Gasteiger partial charge in [0, 0.05) is 18.0 Å². The fourth-order valence-corrected chi connectivity index (χ4v) is 1.94. The third kappa shape index (κ3) is 5.22. The Bertz CT molecular complexity index is 448. The molecule has 1 unspecified atom stereocenters. The lowest BCUT2D eigenvalue weighted by Crippen LogP contribution is -2.41. The number of aliphatic hydroxyl groups is 1. The van der Waals surface area contributed by atoms with Crippen LogP contribution in [0, 0.1) is 0 Å². The molecule has 20 heavy (non-hydrogen) atoms. The monoisotopic (exact) mass is 296 g/mol. The fraction of sp³-hybridized carbons (Fsp3) is 0.429. The van der Waals surface area contributed by atoms with Crippen LogP contribution in [0.4, 0.5) is 0 Å². The van der Waals surface area contributed by atoms with E-state index >= 15 is 0 Å². The van der Waals surface area contributed by atoms with E-state index in [4.69, 9.17) is 0 Å². The van der Waals surface area contributed by atoms with Gasteiger partial charge in [-0.1, -0.05) is 19.1 Å². The Morgan fingerprint density at radius 2 is 1.80 bits per heavy atom. The van der Waals surface area contributed by atoms with Crippen molar-refractivity contribution >= 4 is 23.6 Å². The average molecular weight is 296 g/mol. The summed E-state index contributed by atoms with van der Waals surface area (Å²) in [6, 6.07) is 7.41. The average Bonchev–Trinajstić information content (AvgIpc) is 2.49. The Balaban J connectivity index is 2.43. The molecule has 1 atom stereocenters. The van der Waals surface area contributed by atoms with E-state index in [1.807, 2.05) is 25.3 Å². The molecule has 0 saturated carbocycles. The molecule has 0 saturated heterocycles. The van der Waals surface area contributed by atoms with E-state index in [9.17, 15) is 14.7 Å². The van der Waals surface area contributed by atoms with E-state index < -0.39 is 17.9 Å². The van der Waals surface area contributed by atoms with Crippen LogP contribution in [0.5, 0.6) is 0 Å². The molecule has 6 heteroatoms. The number of amides is 2. The summed E-state index contributed by atoms with van der Waals surface area (Å²) in [5, 5.41) is 14.8. The molecule has 110 valence electrons. The lowest BCUT2D eigenvalue weighted by atomic mass is 10.1. The summed E-state index contributed by atoms with van der Waals surface area (Å²) < 4.78 is 0. The van der Waals surface area contributed by atoms with Crippen molar-refractivity contribution in [2.45, 2.75) is 24.3 Å². The Labute approximate surface area is 123 Å². The van der Waals surface area contributed by atoms with Crippen LogP contribution in [0.3, 0.4) is 0 Å². The van der Waals surface area contributed by atoms with Gasteiger partial charge >= 0.3 is 11.8 Å². The summed E-state index contributed by atoms with van der Waals surface area (Å²) in [7, 11) is 0. The van der Waals surface area contributed by atoms with E-state index in [0.717, 1.165) is 11.3 Å². The van der Waals surface area contributed by atoms with E-state index in [1.165, 1.54) is 0 Å². The second-order valence-corrected chi connectivity index (χ2v) is 5.13. The zero-order valence-electron chi connectivity index (χ0n) is 11.7. The molecule has 0 aliphatic carbocycles. The van der Waals surface area contributed by atoms with Gasteiger partial charge in [-0.25, -0.2) is 0 Å². The maximum Gasteiger partial charge on any atom is 0.309 e. The number of rotatable bonds is 6. The molecule has 1 aromatic rings. The van der Waals surface area contributed by atoms with Gasteiger partial charge in [-0.15, -0.1) is 11.8 Å². The van der Waals surface area contributed by atoms with Crippen LogP contribution in [-0.2, 0) is 9.59 Å². The SMILES string of the molecule is CCCNC(=O)C(=O)NCC(O)c1ccc(SC)cc1. The first-order chi connectivity index (χ1) is 9.58. The van der Waals surface area contributed by atoms with Crippen LogP contribution in [0.2, 0.25) is 0 Å². The minimum Gasteiger partial charge on any atom is -0.387 e. The minimum atomic E-state index is -0.825. The first-order valence-electron chi connectivity index (χ1n) is 6.46. The highest BCUT2D eigenvalue weighted by Gasteiger charge is 2.14. The zero-order chi connectivity index (χ0) is 15.0. The van der Waals surface area contributed by atoms with Crippen LogP contribution in [0.25, 0.3) is 0 Å². The highest BCUT2D eigenvalue weighted by molar-refractivity contribution is 7.98. The minimum absolute atomic E-state index is 0.0109. The summed E-state index contributed by atoms with van der Waals surface area (Å²) in [5.74, 6) is -1.39. The van der Waals surface area contributed by atoms with Crippen LogP contribution in [0.1, 0.15) is 25.0 Å². The van der Waals surface area contributed by atoms with E-state index in [2.05, 4.69) is 10.6 Å². The summed E-state index contributed by atoms with van der Waals surface area (Å²) in [4.78, 5) is 23.9. The van der Waals surface area contributed by atoms with E-state index in [1.54, 1.807) is 23.9 Å². The van der Waals surface area contributed by atoms with Gasteiger partial charge < -0.3 is 15.7 Å². The number of nitrogens with one attached hydrogen (secondary N) is 2. The summed E-state index contributed by atoms with van der Waals surface area (Å²) in [5.41, 5.74) is 0.706. The molecule has 3 N–H and O–H groups in total. The molecule has 1 aromatic carbocycles.